The number of hydrogen-bond acceptors (Lipinski definition) is 5. The predicted molar refractivity (Wildman–Crippen MR) is 127 cm³/mol. The summed E-state index contributed by atoms with van der Waals surface area (Å²) in [5, 5.41) is 7.47. The molecule has 1 unspecified atom stereocenters. The number of anilines is 1. The third-order valence-electron chi connectivity index (χ3n) is 7.75. The summed E-state index contributed by atoms with van der Waals surface area (Å²) in [6.45, 7) is 1.94. The number of benzene rings is 1. The minimum absolute atomic E-state index is 0.00656. The van der Waals surface area contributed by atoms with Crippen LogP contribution in [0.3, 0.4) is 0 Å². The molecule has 2 saturated heterocycles. The van der Waals surface area contributed by atoms with Crippen LogP contribution in [-0.2, 0) is 21.3 Å². The van der Waals surface area contributed by atoms with E-state index in [0.29, 0.717) is 17.5 Å². The summed E-state index contributed by atoms with van der Waals surface area (Å²) in [5.74, 6) is 0.787. The second-order valence-electron chi connectivity index (χ2n) is 9.87. The van der Waals surface area contributed by atoms with Crippen LogP contribution in [0.4, 0.5) is 5.69 Å². The van der Waals surface area contributed by atoms with Gasteiger partial charge in [-0.3, -0.25) is 4.79 Å². The summed E-state index contributed by atoms with van der Waals surface area (Å²) < 4.78 is 12.9. The first-order valence-corrected chi connectivity index (χ1v) is 12.5. The first kappa shape index (κ1) is 22.4. The van der Waals surface area contributed by atoms with Gasteiger partial charge in [0.1, 0.15) is 12.3 Å². The van der Waals surface area contributed by atoms with Crippen LogP contribution in [-0.4, -0.2) is 48.3 Å². The van der Waals surface area contributed by atoms with E-state index in [4.69, 9.17) is 9.47 Å². The summed E-state index contributed by atoms with van der Waals surface area (Å²) in [7, 11) is 1.86. The van der Waals surface area contributed by atoms with Gasteiger partial charge in [0, 0.05) is 30.2 Å². The zero-order chi connectivity index (χ0) is 22.8. The van der Waals surface area contributed by atoms with Crippen molar-refractivity contribution in [2.24, 2.45) is 18.9 Å². The number of aryl methyl sites for hydroxylation is 1. The molecule has 1 saturated carbocycles. The summed E-state index contributed by atoms with van der Waals surface area (Å²) in [5.41, 5.74) is 2.19. The minimum atomic E-state index is -0.347. The van der Waals surface area contributed by atoms with Gasteiger partial charge in [-0.05, 0) is 61.9 Å². The number of aromatic nitrogens is 1. The maximum absolute atomic E-state index is 13.1. The number of carbonyl (C=O) groups is 2. The minimum Gasteiger partial charge on any atom is -0.458 e. The van der Waals surface area contributed by atoms with Gasteiger partial charge < -0.3 is 24.7 Å². The number of esters is 1. The van der Waals surface area contributed by atoms with E-state index in [0.717, 1.165) is 49.0 Å². The van der Waals surface area contributed by atoms with Gasteiger partial charge in [-0.2, -0.15) is 0 Å². The SMILES string of the molecule is Cn1c(C(=O)OC[C@@H]2CCCO2)cc2cc(NC(=O)[C@H]3NCCC3C3CCCCC3)ccc21. The number of nitrogens with zero attached hydrogens (tertiary/aromatic N) is 1. The summed E-state index contributed by atoms with van der Waals surface area (Å²) >= 11 is 0. The lowest BCUT2D eigenvalue weighted by Crippen LogP contribution is -2.42. The van der Waals surface area contributed by atoms with Crippen LogP contribution in [0.1, 0.15) is 61.9 Å². The van der Waals surface area contributed by atoms with Crippen LogP contribution < -0.4 is 10.6 Å². The predicted octanol–water partition coefficient (Wildman–Crippen LogP) is 4.01. The van der Waals surface area contributed by atoms with Gasteiger partial charge in [-0.15, -0.1) is 0 Å². The van der Waals surface area contributed by atoms with Gasteiger partial charge in [0.05, 0.1) is 12.1 Å². The van der Waals surface area contributed by atoms with Crippen molar-refractivity contribution in [1.29, 1.82) is 0 Å². The second-order valence-corrected chi connectivity index (χ2v) is 9.87. The number of rotatable bonds is 6. The fourth-order valence-electron chi connectivity index (χ4n) is 5.94. The van der Waals surface area contributed by atoms with Crippen LogP contribution in [0.25, 0.3) is 10.9 Å². The van der Waals surface area contributed by atoms with Gasteiger partial charge in [-0.25, -0.2) is 4.79 Å². The monoisotopic (exact) mass is 453 g/mol. The molecule has 3 atom stereocenters. The van der Waals surface area contributed by atoms with E-state index in [-0.39, 0.29) is 30.6 Å². The molecule has 3 heterocycles. The Bertz CT molecular complexity index is 1000. The molecule has 1 aromatic carbocycles. The van der Waals surface area contributed by atoms with Crippen LogP contribution in [0, 0.1) is 11.8 Å². The van der Waals surface area contributed by atoms with Crippen molar-refractivity contribution < 1.29 is 19.1 Å². The summed E-state index contributed by atoms with van der Waals surface area (Å²) in [6.07, 6.45) is 9.44. The Labute approximate surface area is 195 Å². The lowest BCUT2D eigenvalue weighted by molar-refractivity contribution is -0.119. The lowest BCUT2D eigenvalue weighted by Gasteiger charge is -2.30. The van der Waals surface area contributed by atoms with Crippen LogP contribution >= 0.6 is 0 Å². The second kappa shape index (κ2) is 9.85. The zero-order valence-electron chi connectivity index (χ0n) is 19.5. The number of hydrogen-bond donors (Lipinski definition) is 2. The Morgan fingerprint density at radius 1 is 1.12 bits per heavy atom. The third kappa shape index (κ3) is 4.80. The first-order valence-electron chi connectivity index (χ1n) is 12.5. The smallest absolute Gasteiger partial charge is 0.355 e. The Kier molecular flexibility index (Phi) is 6.69. The quantitative estimate of drug-likeness (QED) is 0.646. The average Bonchev–Trinajstić information content (AvgIpc) is 3.59. The van der Waals surface area contributed by atoms with Crippen molar-refractivity contribution in [3.63, 3.8) is 0 Å². The van der Waals surface area contributed by atoms with Gasteiger partial charge in [-0.1, -0.05) is 32.1 Å². The summed E-state index contributed by atoms with van der Waals surface area (Å²) in [4.78, 5) is 25.8. The molecular weight excluding hydrogens is 418 g/mol. The van der Waals surface area contributed by atoms with E-state index in [9.17, 15) is 9.59 Å². The van der Waals surface area contributed by atoms with Crippen molar-refractivity contribution in [2.45, 2.75) is 63.5 Å². The third-order valence-corrected chi connectivity index (χ3v) is 7.75. The van der Waals surface area contributed by atoms with E-state index >= 15 is 0 Å². The van der Waals surface area contributed by atoms with Crippen LogP contribution in [0.5, 0.6) is 0 Å². The molecule has 0 spiro atoms. The Balaban J connectivity index is 1.26. The van der Waals surface area contributed by atoms with Gasteiger partial charge in [0.25, 0.3) is 0 Å². The van der Waals surface area contributed by atoms with Crippen molar-refractivity contribution >= 4 is 28.5 Å². The molecule has 1 aromatic heterocycles. The van der Waals surface area contributed by atoms with Crippen LogP contribution in [0.15, 0.2) is 24.3 Å². The van der Waals surface area contributed by atoms with Crippen molar-refractivity contribution in [3.05, 3.63) is 30.0 Å². The zero-order valence-corrected chi connectivity index (χ0v) is 19.5. The van der Waals surface area contributed by atoms with Crippen molar-refractivity contribution in [2.75, 3.05) is 25.1 Å². The molecule has 1 amide bonds. The van der Waals surface area contributed by atoms with Gasteiger partial charge >= 0.3 is 5.97 Å². The molecule has 2 N–H and O–H groups in total. The molecule has 5 rings (SSSR count). The summed E-state index contributed by atoms with van der Waals surface area (Å²) in [6, 6.07) is 7.51. The Morgan fingerprint density at radius 2 is 1.97 bits per heavy atom. The highest BCUT2D eigenvalue weighted by molar-refractivity contribution is 6.00. The van der Waals surface area contributed by atoms with E-state index < -0.39 is 0 Å². The topological polar surface area (TPSA) is 81.6 Å². The maximum atomic E-state index is 13.1. The fourth-order valence-corrected chi connectivity index (χ4v) is 5.94. The molecule has 3 fully saturated rings. The van der Waals surface area contributed by atoms with Crippen molar-refractivity contribution in [1.82, 2.24) is 9.88 Å². The average molecular weight is 454 g/mol. The first-order chi connectivity index (χ1) is 16.1. The Hall–Kier alpha value is -2.38. The van der Waals surface area contributed by atoms with E-state index in [2.05, 4.69) is 10.6 Å². The largest absolute Gasteiger partial charge is 0.458 e. The highest BCUT2D eigenvalue weighted by atomic mass is 16.6. The van der Waals surface area contributed by atoms with Crippen molar-refractivity contribution in [3.8, 4) is 0 Å². The molecule has 178 valence electrons. The number of carbonyl (C=O) groups excluding carboxylic acids is 2. The molecule has 1 aliphatic carbocycles. The van der Waals surface area contributed by atoms with Gasteiger partial charge in [0.15, 0.2) is 0 Å². The number of amides is 1. The highest BCUT2D eigenvalue weighted by Crippen LogP contribution is 2.36. The molecule has 2 aromatic rings. The van der Waals surface area contributed by atoms with Gasteiger partial charge in [0.2, 0.25) is 5.91 Å². The number of ether oxygens (including phenoxy) is 2. The standard InChI is InChI=1S/C26H35N3O4/c1-29-22-10-9-19(14-18(22)15-23(29)26(31)33-16-20-8-5-13-32-20)28-25(30)24-21(11-12-27-24)17-6-3-2-4-7-17/h9-10,14-15,17,20-21,24,27H,2-8,11-13,16H2,1H3,(H,28,30)/t20-,21?,24-/m0/s1. The molecule has 33 heavy (non-hydrogen) atoms. The van der Waals surface area contributed by atoms with E-state index in [1.54, 1.807) is 0 Å². The molecule has 0 radical (unpaired) electrons. The normalized spacial score (nSPS) is 26.0. The molecular formula is C26H35N3O4. The molecule has 3 aliphatic rings. The van der Waals surface area contributed by atoms with Crippen LogP contribution in [0.2, 0.25) is 0 Å². The number of nitrogens with one attached hydrogen (secondary N) is 2. The Morgan fingerprint density at radius 3 is 2.76 bits per heavy atom. The molecule has 7 nitrogen and oxygen atoms in total. The maximum Gasteiger partial charge on any atom is 0.355 e. The fraction of sp³-hybridized carbons (Fsp3) is 0.615. The van der Waals surface area contributed by atoms with E-state index in [1.165, 1.54) is 32.1 Å². The highest BCUT2D eigenvalue weighted by Gasteiger charge is 2.38. The number of fused-ring (bicyclic) bond motifs is 1. The molecule has 2 aliphatic heterocycles. The lowest BCUT2D eigenvalue weighted by atomic mass is 9.76. The van der Waals surface area contributed by atoms with E-state index in [1.807, 2.05) is 35.9 Å². The molecule has 7 heteroatoms. The molecule has 0 bridgehead atoms.